The smallest absolute Gasteiger partial charge is 0.406 e. The van der Waals surface area contributed by atoms with Crippen LogP contribution in [0.1, 0.15) is 13.3 Å². The maximum Gasteiger partial charge on any atom is 0.406 e. The zero-order chi connectivity index (χ0) is 10.1. The van der Waals surface area contributed by atoms with Gasteiger partial charge in [0.15, 0.2) is 6.73 Å². The largest absolute Gasteiger partial charge is 0.426 e. The third kappa shape index (κ3) is 8.69. The monoisotopic (exact) mass is 201 g/mol. The number of hydrogen-bond acceptors (Lipinski definition) is 5. The fraction of sp³-hybridized carbons (Fsp3) is 0.571. The van der Waals surface area contributed by atoms with Crippen molar-refractivity contribution in [2.75, 3.05) is 12.5 Å². The Hall–Kier alpha value is -1.22. The van der Waals surface area contributed by atoms with E-state index in [0.29, 0.717) is 12.2 Å². The Kier molecular flexibility index (Phi) is 6.73. The lowest BCUT2D eigenvalue weighted by Gasteiger charge is -1.98. The summed E-state index contributed by atoms with van der Waals surface area (Å²) in [5.41, 5.74) is 4.72. The highest BCUT2D eigenvalue weighted by molar-refractivity contribution is 8.13. The van der Waals surface area contributed by atoms with E-state index in [1.54, 1.807) is 6.92 Å². The molecule has 6 heteroatoms. The number of carbonyl (C=O) groups is 1. The number of rotatable bonds is 4. The van der Waals surface area contributed by atoms with Gasteiger partial charge in [0.2, 0.25) is 0 Å². The van der Waals surface area contributed by atoms with Crippen LogP contribution in [0.2, 0.25) is 0 Å². The molecule has 0 spiro atoms. The number of primary amides is 1. The second-order valence-electron chi connectivity index (χ2n) is 2.03. The summed E-state index contributed by atoms with van der Waals surface area (Å²) >= 11 is 1.45. The van der Waals surface area contributed by atoms with Crippen LogP contribution in [0.15, 0.2) is 4.99 Å². The highest BCUT2D eigenvalue weighted by Gasteiger charge is 1.93. The lowest BCUT2D eigenvalue weighted by Crippen LogP contribution is -2.13. The second-order valence-corrected chi connectivity index (χ2v) is 3.31. The first-order valence-electron chi connectivity index (χ1n) is 3.60. The first-order chi connectivity index (χ1) is 6.16. The van der Waals surface area contributed by atoms with E-state index in [1.165, 1.54) is 11.8 Å². The van der Waals surface area contributed by atoms with Gasteiger partial charge in [-0.25, -0.2) is 9.79 Å². The van der Waals surface area contributed by atoms with Crippen LogP contribution in [-0.4, -0.2) is 23.6 Å². The van der Waals surface area contributed by atoms with Crippen LogP contribution >= 0.6 is 11.8 Å². The molecule has 0 bridgehead atoms. The average molecular weight is 201 g/mol. The van der Waals surface area contributed by atoms with Gasteiger partial charge in [0.05, 0.1) is 11.1 Å². The second kappa shape index (κ2) is 7.43. The first kappa shape index (κ1) is 11.8. The zero-order valence-corrected chi connectivity index (χ0v) is 8.13. The third-order valence-corrected chi connectivity index (χ3v) is 1.97. The maximum atomic E-state index is 10.1. The highest BCUT2D eigenvalue weighted by atomic mass is 32.2. The van der Waals surface area contributed by atoms with E-state index in [4.69, 9.17) is 11.0 Å². The van der Waals surface area contributed by atoms with Gasteiger partial charge in [-0.05, 0) is 6.92 Å². The van der Waals surface area contributed by atoms with Crippen LogP contribution in [0, 0.1) is 11.3 Å². The molecule has 0 aromatic carbocycles. The molecule has 72 valence electrons. The molecule has 1 amide bonds. The molecule has 0 aliphatic carbocycles. The zero-order valence-electron chi connectivity index (χ0n) is 7.32. The third-order valence-electron chi connectivity index (χ3n) is 1.02. The van der Waals surface area contributed by atoms with Gasteiger partial charge in [-0.1, -0.05) is 0 Å². The predicted molar refractivity (Wildman–Crippen MR) is 51.3 cm³/mol. The van der Waals surface area contributed by atoms with Gasteiger partial charge >= 0.3 is 6.09 Å². The SMILES string of the molecule is CC(=NCOC(N)=O)SCCC#N. The summed E-state index contributed by atoms with van der Waals surface area (Å²) in [6.07, 6.45) is -0.354. The molecule has 0 radical (unpaired) electrons. The number of carbonyl (C=O) groups excluding carboxylic acids is 1. The number of nitrogens with zero attached hydrogens (tertiary/aromatic N) is 2. The van der Waals surface area contributed by atoms with Gasteiger partial charge in [0.25, 0.3) is 0 Å². The normalized spacial score (nSPS) is 10.6. The fourth-order valence-corrected chi connectivity index (χ4v) is 1.11. The Morgan fingerprint density at radius 1 is 1.77 bits per heavy atom. The molecule has 0 aliphatic heterocycles. The first-order valence-corrected chi connectivity index (χ1v) is 4.58. The van der Waals surface area contributed by atoms with E-state index >= 15 is 0 Å². The molecular formula is C7H11N3O2S. The highest BCUT2D eigenvalue weighted by Crippen LogP contribution is 2.04. The summed E-state index contributed by atoms with van der Waals surface area (Å²) in [5.74, 6) is 0.697. The summed E-state index contributed by atoms with van der Waals surface area (Å²) in [5, 5.41) is 9.01. The average Bonchev–Trinajstić information content (AvgIpc) is 2.04. The Morgan fingerprint density at radius 3 is 3.00 bits per heavy atom. The molecule has 2 N–H and O–H groups in total. The minimum atomic E-state index is -0.835. The van der Waals surface area contributed by atoms with Crippen molar-refractivity contribution in [3.63, 3.8) is 0 Å². The molecule has 0 saturated carbocycles. The Bertz CT molecular complexity index is 234. The lowest BCUT2D eigenvalue weighted by atomic mass is 10.6. The van der Waals surface area contributed by atoms with Crippen molar-refractivity contribution in [2.24, 2.45) is 10.7 Å². The summed E-state index contributed by atoms with van der Waals surface area (Å²) in [7, 11) is 0. The summed E-state index contributed by atoms with van der Waals surface area (Å²) in [4.78, 5) is 14.0. The van der Waals surface area contributed by atoms with Crippen LogP contribution in [0.25, 0.3) is 0 Å². The number of amides is 1. The van der Waals surface area contributed by atoms with Gasteiger partial charge in [-0.3, -0.25) is 0 Å². The van der Waals surface area contributed by atoms with E-state index in [1.807, 2.05) is 6.07 Å². The number of ether oxygens (including phenoxy) is 1. The summed E-state index contributed by atoms with van der Waals surface area (Å²) in [6, 6.07) is 2.02. The van der Waals surface area contributed by atoms with Crippen LogP contribution in [0.3, 0.4) is 0 Å². The van der Waals surface area contributed by atoms with Gasteiger partial charge in [-0.15, -0.1) is 11.8 Å². The van der Waals surface area contributed by atoms with Gasteiger partial charge in [-0.2, -0.15) is 5.26 Å². The summed E-state index contributed by atoms with van der Waals surface area (Å²) < 4.78 is 4.39. The van der Waals surface area contributed by atoms with Crippen molar-refractivity contribution in [1.82, 2.24) is 0 Å². The number of nitriles is 1. The molecule has 0 aromatic heterocycles. The predicted octanol–water partition coefficient (Wildman–Crippen LogP) is 1.10. The molecule has 0 atom stereocenters. The molecule has 0 aliphatic rings. The van der Waals surface area contributed by atoms with E-state index in [0.717, 1.165) is 5.04 Å². The number of aliphatic imine (C=N–C) groups is 1. The lowest BCUT2D eigenvalue weighted by molar-refractivity contribution is 0.160. The molecule has 0 fully saturated rings. The maximum absolute atomic E-state index is 10.1. The van der Waals surface area contributed by atoms with Crippen LogP contribution < -0.4 is 5.73 Å². The van der Waals surface area contributed by atoms with E-state index in [9.17, 15) is 4.79 Å². The van der Waals surface area contributed by atoms with E-state index in [-0.39, 0.29) is 6.73 Å². The van der Waals surface area contributed by atoms with Crippen molar-refractivity contribution in [1.29, 1.82) is 5.26 Å². The van der Waals surface area contributed by atoms with Crippen molar-refractivity contribution in [3.8, 4) is 6.07 Å². The van der Waals surface area contributed by atoms with E-state index < -0.39 is 6.09 Å². The fourth-order valence-electron chi connectivity index (χ4n) is 0.477. The molecule has 0 aromatic rings. The Balaban J connectivity index is 3.52. The molecule has 0 unspecified atom stereocenters. The Morgan fingerprint density at radius 2 is 2.46 bits per heavy atom. The molecule has 5 nitrogen and oxygen atoms in total. The minimum Gasteiger partial charge on any atom is -0.426 e. The number of hydrogen-bond donors (Lipinski definition) is 1. The van der Waals surface area contributed by atoms with Crippen LogP contribution in [0.5, 0.6) is 0 Å². The van der Waals surface area contributed by atoms with E-state index in [2.05, 4.69) is 9.73 Å². The quantitative estimate of drug-likeness (QED) is 0.419. The van der Waals surface area contributed by atoms with Gasteiger partial charge < -0.3 is 10.5 Å². The van der Waals surface area contributed by atoms with Gasteiger partial charge in [0.1, 0.15) is 0 Å². The molecule has 0 heterocycles. The summed E-state index contributed by atoms with van der Waals surface area (Å²) in [6.45, 7) is 1.73. The van der Waals surface area contributed by atoms with Crippen LogP contribution in [-0.2, 0) is 4.74 Å². The minimum absolute atomic E-state index is 0.0548. The van der Waals surface area contributed by atoms with Crippen molar-refractivity contribution in [3.05, 3.63) is 0 Å². The van der Waals surface area contributed by atoms with Gasteiger partial charge in [0, 0.05) is 12.2 Å². The van der Waals surface area contributed by atoms with Crippen molar-refractivity contribution >= 4 is 22.9 Å². The molecule has 0 saturated heterocycles. The number of thioether (sulfide) groups is 1. The molecular weight excluding hydrogens is 190 g/mol. The molecule has 13 heavy (non-hydrogen) atoms. The standard InChI is InChI=1S/C7H11N3O2S/c1-6(13-4-2-3-8)10-5-12-7(9)11/h2,4-5H2,1H3,(H2,9,11). The Labute approximate surface area is 81.0 Å². The number of nitrogens with two attached hydrogens (primary N) is 1. The van der Waals surface area contributed by atoms with Crippen molar-refractivity contribution in [2.45, 2.75) is 13.3 Å². The van der Waals surface area contributed by atoms with Crippen LogP contribution in [0.4, 0.5) is 4.79 Å². The topological polar surface area (TPSA) is 88.5 Å². The molecule has 0 rings (SSSR count). The van der Waals surface area contributed by atoms with Crippen molar-refractivity contribution < 1.29 is 9.53 Å².